The second-order valence-electron chi connectivity index (χ2n) is 3.00. The van der Waals surface area contributed by atoms with Crippen molar-refractivity contribution in [2.45, 2.75) is 12.8 Å². The van der Waals surface area contributed by atoms with E-state index in [1.54, 1.807) is 0 Å². The fourth-order valence-corrected chi connectivity index (χ4v) is 1.37. The molecule has 1 unspecified atom stereocenters. The minimum atomic E-state index is -0.0874. The van der Waals surface area contributed by atoms with Crippen molar-refractivity contribution in [2.24, 2.45) is 5.92 Å². The van der Waals surface area contributed by atoms with Crippen molar-refractivity contribution < 1.29 is 9.53 Å². The Morgan fingerprint density at radius 1 is 1.67 bits per heavy atom. The Morgan fingerprint density at radius 2 is 2.50 bits per heavy atom. The van der Waals surface area contributed by atoms with Gasteiger partial charge in [-0.05, 0) is 18.8 Å². The highest BCUT2D eigenvalue weighted by Crippen LogP contribution is 2.14. The molecule has 0 aromatic carbocycles. The lowest BCUT2D eigenvalue weighted by Gasteiger charge is -2.07. The molecule has 4 heteroatoms. The van der Waals surface area contributed by atoms with Gasteiger partial charge in [-0.3, -0.25) is 4.79 Å². The molecule has 0 spiro atoms. The fraction of sp³-hybridized carbons (Fsp3) is 0.875. The molecule has 1 rings (SSSR count). The van der Waals surface area contributed by atoms with Crippen LogP contribution in [-0.4, -0.2) is 31.5 Å². The van der Waals surface area contributed by atoms with E-state index in [9.17, 15) is 4.79 Å². The third kappa shape index (κ3) is 3.41. The first-order valence-corrected chi connectivity index (χ1v) is 4.77. The number of amides is 1. The Morgan fingerprint density at radius 3 is 3.08 bits per heavy atom. The average molecular weight is 192 g/mol. The number of hydrogen-bond donors (Lipinski definition) is 1. The summed E-state index contributed by atoms with van der Waals surface area (Å²) in [5.41, 5.74) is 0. The molecular weight excluding hydrogens is 178 g/mol. The molecule has 1 fully saturated rings. The largest absolute Gasteiger partial charge is 0.381 e. The summed E-state index contributed by atoms with van der Waals surface area (Å²) in [5, 5.41) is 2.73. The van der Waals surface area contributed by atoms with Gasteiger partial charge in [0.15, 0.2) is 0 Å². The van der Waals surface area contributed by atoms with Crippen LogP contribution in [0.3, 0.4) is 0 Å². The molecule has 0 radical (unpaired) electrons. The first-order valence-electron chi connectivity index (χ1n) is 4.23. The van der Waals surface area contributed by atoms with Crippen LogP contribution in [0.25, 0.3) is 0 Å². The summed E-state index contributed by atoms with van der Waals surface area (Å²) in [7, 11) is 0. The van der Waals surface area contributed by atoms with Crippen molar-refractivity contribution in [2.75, 3.05) is 25.6 Å². The van der Waals surface area contributed by atoms with Crippen LogP contribution in [0.1, 0.15) is 12.8 Å². The van der Waals surface area contributed by atoms with Crippen LogP contribution in [0.4, 0.5) is 0 Å². The van der Waals surface area contributed by atoms with E-state index in [-0.39, 0.29) is 11.8 Å². The van der Waals surface area contributed by atoms with Gasteiger partial charge >= 0.3 is 0 Å². The zero-order valence-corrected chi connectivity index (χ0v) is 7.77. The second-order valence-corrected chi connectivity index (χ2v) is 3.27. The highest BCUT2D eigenvalue weighted by atomic mass is 35.5. The number of alkyl halides is 1. The maximum Gasteiger partial charge on any atom is 0.234 e. The number of ether oxygens (including phenoxy) is 1. The molecule has 1 amide bonds. The van der Waals surface area contributed by atoms with Crippen molar-refractivity contribution in [1.29, 1.82) is 0 Å². The predicted molar refractivity (Wildman–Crippen MR) is 47.3 cm³/mol. The minimum Gasteiger partial charge on any atom is -0.381 e. The highest BCUT2D eigenvalue weighted by Gasteiger charge is 2.14. The molecule has 12 heavy (non-hydrogen) atoms. The average Bonchev–Trinajstić information content (AvgIpc) is 2.57. The Balaban J connectivity index is 1.97. The van der Waals surface area contributed by atoms with Crippen molar-refractivity contribution in [1.82, 2.24) is 5.32 Å². The number of nitrogens with one attached hydrogen (secondary N) is 1. The van der Waals surface area contributed by atoms with Gasteiger partial charge in [-0.15, -0.1) is 11.6 Å². The molecule has 1 saturated heterocycles. The van der Waals surface area contributed by atoms with Gasteiger partial charge in [-0.1, -0.05) is 0 Å². The van der Waals surface area contributed by atoms with Gasteiger partial charge in [-0.25, -0.2) is 0 Å². The van der Waals surface area contributed by atoms with E-state index in [1.807, 2.05) is 0 Å². The molecule has 0 aliphatic carbocycles. The Hall–Kier alpha value is -0.280. The second kappa shape index (κ2) is 5.38. The van der Waals surface area contributed by atoms with Gasteiger partial charge in [0.25, 0.3) is 0 Å². The Labute approximate surface area is 77.4 Å². The molecular formula is C8H14ClNO2. The van der Waals surface area contributed by atoms with Crippen LogP contribution in [0, 0.1) is 5.92 Å². The molecule has 0 bridgehead atoms. The SMILES string of the molecule is O=C(CCl)NCCC1CCOC1. The van der Waals surface area contributed by atoms with E-state index >= 15 is 0 Å². The first-order chi connectivity index (χ1) is 5.83. The quantitative estimate of drug-likeness (QED) is 0.667. The van der Waals surface area contributed by atoms with Gasteiger partial charge in [-0.2, -0.15) is 0 Å². The summed E-state index contributed by atoms with van der Waals surface area (Å²) in [6.45, 7) is 2.43. The van der Waals surface area contributed by atoms with Gasteiger partial charge < -0.3 is 10.1 Å². The van der Waals surface area contributed by atoms with Crippen molar-refractivity contribution in [3.8, 4) is 0 Å². The first kappa shape index (κ1) is 9.81. The molecule has 0 aromatic heterocycles. The molecule has 1 heterocycles. The summed E-state index contributed by atoms with van der Waals surface area (Å²) < 4.78 is 5.20. The third-order valence-corrected chi connectivity index (χ3v) is 2.26. The van der Waals surface area contributed by atoms with Crippen molar-refractivity contribution in [3.05, 3.63) is 0 Å². The highest BCUT2D eigenvalue weighted by molar-refractivity contribution is 6.27. The van der Waals surface area contributed by atoms with E-state index in [0.29, 0.717) is 5.92 Å². The Bertz CT molecular complexity index is 146. The maximum atomic E-state index is 10.7. The standard InChI is InChI=1S/C8H14ClNO2/c9-5-8(11)10-3-1-7-2-4-12-6-7/h7H,1-6H2,(H,10,11). The lowest BCUT2D eigenvalue weighted by atomic mass is 10.1. The van der Waals surface area contributed by atoms with Crippen molar-refractivity contribution in [3.63, 3.8) is 0 Å². The maximum absolute atomic E-state index is 10.7. The van der Waals surface area contributed by atoms with Gasteiger partial charge in [0.2, 0.25) is 5.91 Å². The number of carbonyl (C=O) groups is 1. The zero-order chi connectivity index (χ0) is 8.81. The van der Waals surface area contributed by atoms with E-state index in [2.05, 4.69) is 5.32 Å². The third-order valence-electron chi connectivity index (χ3n) is 2.02. The van der Waals surface area contributed by atoms with Gasteiger partial charge in [0.1, 0.15) is 5.88 Å². The molecule has 0 saturated carbocycles. The number of carbonyl (C=O) groups excluding carboxylic acids is 1. The van der Waals surface area contributed by atoms with E-state index < -0.39 is 0 Å². The topological polar surface area (TPSA) is 38.3 Å². The zero-order valence-electron chi connectivity index (χ0n) is 7.01. The number of rotatable bonds is 4. The van der Waals surface area contributed by atoms with Crippen LogP contribution >= 0.6 is 11.6 Å². The van der Waals surface area contributed by atoms with E-state index in [1.165, 1.54) is 0 Å². The fourth-order valence-electron chi connectivity index (χ4n) is 1.27. The lowest BCUT2D eigenvalue weighted by molar-refractivity contribution is -0.118. The molecule has 1 N–H and O–H groups in total. The summed E-state index contributed by atoms with van der Waals surface area (Å²) in [4.78, 5) is 10.7. The molecule has 1 aliphatic rings. The normalized spacial score (nSPS) is 22.6. The van der Waals surface area contributed by atoms with Crippen LogP contribution < -0.4 is 5.32 Å². The van der Waals surface area contributed by atoms with Crippen molar-refractivity contribution >= 4 is 17.5 Å². The van der Waals surface area contributed by atoms with Gasteiger partial charge in [0, 0.05) is 19.8 Å². The van der Waals surface area contributed by atoms with E-state index in [4.69, 9.17) is 16.3 Å². The lowest BCUT2D eigenvalue weighted by Crippen LogP contribution is -2.26. The smallest absolute Gasteiger partial charge is 0.234 e. The number of halogens is 1. The summed E-state index contributed by atoms with van der Waals surface area (Å²) in [5.74, 6) is 0.595. The summed E-state index contributed by atoms with van der Waals surface area (Å²) >= 11 is 5.31. The number of hydrogen-bond acceptors (Lipinski definition) is 2. The molecule has 70 valence electrons. The monoisotopic (exact) mass is 191 g/mol. The Kier molecular flexibility index (Phi) is 4.40. The molecule has 1 atom stereocenters. The molecule has 1 aliphatic heterocycles. The predicted octanol–water partition coefficient (Wildman–Crippen LogP) is 0.768. The molecule has 3 nitrogen and oxygen atoms in total. The summed E-state index contributed by atoms with van der Waals surface area (Å²) in [6, 6.07) is 0. The minimum absolute atomic E-state index is 0.0567. The van der Waals surface area contributed by atoms with Gasteiger partial charge in [0.05, 0.1) is 0 Å². The van der Waals surface area contributed by atoms with Crippen LogP contribution in [0.15, 0.2) is 0 Å². The van der Waals surface area contributed by atoms with E-state index in [0.717, 1.165) is 32.6 Å². The van der Waals surface area contributed by atoms with Crippen LogP contribution in [-0.2, 0) is 9.53 Å². The molecule has 0 aromatic rings. The van der Waals surface area contributed by atoms with Crippen LogP contribution in [0.2, 0.25) is 0 Å². The van der Waals surface area contributed by atoms with Crippen LogP contribution in [0.5, 0.6) is 0 Å². The summed E-state index contributed by atoms with van der Waals surface area (Å²) in [6.07, 6.45) is 2.12.